The summed E-state index contributed by atoms with van der Waals surface area (Å²) in [5.41, 5.74) is 4.15. The number of carbonyl (C=O) groups excluding carboxylic acids is 2. The molecule has 0 aliphatic heterocycles. The van der Waals surface area contributed by atoms with E-state index in [9.17, 15) is 9.59 Å². The molecule has 1 N–H and O–H groups in total. The highest BCUT2D eigenvalue weighted by atomic mass is 16.5. The molecule has 0 bridgehead atoms. The normalized spacial score (nSPS) is 11.3. The zero-order valence-electron chi connectivity index (χ0n) is 23.6. The van der Waals surface area contributed by atoms with E-state index >= 15 is 0 Å². The fourth-order valence-corrected chi connectivity index (χ4v) is 3.95. The van der Waals surface area contributed by atoms with Gasteiger partial charge >= 0.3 is 5.97 Å². The Bertz CT molecular complexity index is 1260. The number of anilines is 1. The third-order valence-corrected chi connectivity index (χ3v) is 6.40. The van der Waals surface area contributed by atoms with Crippen molar-refractivity contribution >= 4 is 23.6 Å². The highest BCUT2D eigenvalue weighted by molar-refractivity contribution is 5.95. The molecule has 0 fully saturated rings. The first kappa shape index (κ1) is 29.5. The minimum absolute atomic E-state index is 0.0516. The van der Waals surface area contributed by atoms with Gasteiger partial charge in [-0.05, 0) is 86.2 Å². The summed E-state index contributed by atoms with van der Waals surface area (Å²) in [4.78, 5) is 24.4. The number of benzene rings is 3. The fourth-order valence-electron chi connectivity index (χ4n) is 3.95. The minimum atomic E-state index is -0.564. The first-order valence-corrected chi connectivity index (χ1v) is 13.3. The van der Waals surface area contributed by atoms with Gasteiger partial charge in [-0.1, -0.05) is 56.3 Å². The highest BCUT2D eigenvalue weighted by Crippen LogP contribution is 2.30. The number of carbonyl (C=O) groups is 2. The molecule has 0 spiro atoms. The van der Waals surface area contributed by atoms with E-state index in [0.717, 1.165) is 40.2 Å². The Hall–Kier alpha value is -4.06. The molecule has 0 saturated heterocycles. The summed E-state index contributed by atoms with van der Waals surface area (Å²) in [5, 5.41) is 2.99. The molecule has 3 aromatic carbocycles. The molecule has 1 amide bonds. The first-order chi connectivity index (χ1) is 18.7. The number of ether oxygens (including phenoxy) is 3. The fraction of sp³-hybridized carbons (Fsp3) is 0.333. The summed E-state index contributed by atoms with van der Waals surface area (Å²) in [6, 6.07) is 21.5. The van der Waals surface area contributed by atoms with Crippen molar-refractivity contribution in [2.75, 3.05) is 18.5 Å². The summed E-state index contributed by atoms with van der Waals surface area (Å²) in [6.45, 7) is 11.1. The van der Waals surface area contributed by atoms with Gasteiger partial charge in [-0.2, -0.15) is 0 Å². The lowest BCUT2D eigenvalue weighted by Crippen LogP contribution is -2.31. The molecule has 0 saturated carbocycles. The lowest BCUT2D eigenvalue weighted by atomic mass is 9.87. The number of rotatable bonds is 13. The zero-order chi connectivity index (χ0) is 28.3. The van der Waals surface area contributed by atoms with E-state index in [0.29, 0.717) is 31.9 Å². The third kappa shape index (κ3) is 9.32. The van der Waals surface area contributed by atoms with Crippen LogP contribution >= 0.6 is 0 Å². The maximum atomic E-state index is 12.9. The molecule has 0 atom stereocenters. The van der Waals surface area contributed by atoms with Crippen LogP contribution in [0, 0.1) is 19.3 Å². The molecule has 0 unspecified atom stereocenters. The van der Waals surface area contributed by atoms with Crippen molar-refractivity contribution in [3.8, 4) is 11.5 Å². The van der Waals surface area contributed by atoms with Crippen molar-refractivity contribution in [3.05, 3.63) is 95.1 Å². The molecular weight excluding hydrogens is 490 g/mol. The Morgan fingerprint density at radius 2 is 1.54 bits per heavy atom. The highest BCUT2D eigenvalue weighted by Gasteiger charge is 2.27. The Kier molecular flexibility index (Phi) is 10.7. The van der Waals surface area contributed by atoms with Crippen molar-refractivity contribution in [1.82, 2.24) is 0 Å². The summed E-state index contributed by atoms with van der Waals surface area (Å²) in [6.07, 6.45) is 4.49. The van der Waals surface area contributed by atoms with Crippen molar-refractivity contribution in [3.63, 3.8) is 0 Å². The summed E-state index contributed by atoms with van der Waals surface area (Å²) < 4.78 is 17.0. The van der Waals surface area contributed by atoms with E-state index in [1.807, 2.05) is 94.4 Å². The van der Waals surface area contributed by atoms with Crippen LogP contribution in [0.25, 0.3) is 6.08 Å². The molecule has 0 aliphatic rings. The Morgan fingerprint density at radius 3 is 2.18 bits per heavy atom. The van der Waals surface area contributed by atoms with Crippen molar-refractivity contribution in [1.29, 1.82) is 0 Å². The van der Waals surface area contributed by atoms with Gasteiger partial charge in [0.1, 0.15) is 18.1 Å². The first-order valence-electron chi connectivity index (χ1n) is 13.3. The monoisotopic (exact) mass is 529 g/mol. The van der Waals surface area contributed by atoms with Crippen LogP contribution in [-0.4, -0.2) is 25.1 Å². The number of hydrogen-bond acceptors (Lipinski definition) is 5. The molecule has 0 aromatic heterocycles. The quantitative estimate of drug-likeness (QED) is 0.143. The van der Waals surface area contributed by atoms with Crippen LogP contribution in [0.15, 0.2) is 72.8 Å². The van der Waals surface area contributed by atoms with Crippen LogP contribution in [-0.2, 0) is 20.9 Å². The van der Waals surface area contributed by atoms with E-state index in [-0.39, 0.29) is 11.9 Å². The van der Waals surface area contributed by atoms with Gasteiger partial charge in [0.05, 0.1) is 13.2 Å². The number of hydrogen-bond donors (Lipinski definition) is 1. The van der Waals surface area contributed by atoms with Gasteiger partial charge in [0.15, 0.2) is 0 Å². The second-order valence-corrected chi connectivity index (χ2v) is 10.2. The molecule has 39 heavy (non-hydrogen) atoms. The van der Waals surface area contributed by atoms with E-state index < -0.39 is 5.41 Å². The van der Waals surface area contributed by atoms with Gasteiger partial charge in [0.25, 0.3) is 0 Å². The molecule has 0 aliphatic carbocycles. The van der Waals surface area contributed by atoms with Gasteiger partial charge < -0.3 is 19.5 Å². The lowest BCUT2D eigenvalue weighted by Gasteiger charge is -2.24. The van der Waals surface area contributed by atoms with Gasteiger partial charge in [0.2, 0.25) is 5.91 Å². The number of nitrogens with one attached hydrogen (secondary N) is 1. The number of amides is 1. The van der Waals surface area contributed by atoms with Crippen LogP contribution in [0.5, 0.6) is 11.5 Å². The molecule has 206 valence electrons. The van der Waals surface area contributed by atoms with Crippen LogP contribution in [0.4, 0.5) is 5.69 Å². The van der Waals surface area contributed by atoms with Crippen LogP contribution < -0.4 is 14.8 Å². The average molecular weight is 530 g/mol. The second-order valence-electron chi connectivity index (χ2n) is 10.2. The minimum Gasteiger partial charge on any atom is -0.493 e. The zero-order valence-corrected chi connectivity index (χ0v) is 23.6. The van der Waals surface area contributed by atoms with Gasteiger partial charge in [0, 0.05) is 17.2 Å². The molecule has 3 rings (SSSR count). The Morgan fingerprint density at radius 1 is 0.897 bits per heavy atom. The van der Waals surface area contributed by atoms with Crippen LogP contribution in [0.2, 0.25) is 0 Å². The number of aryl methyl sites for hydroxylation is 2. The van der Waals surface area contributed by atoms with Crippen LogP contribution in [0.3, 0.4) is 0 Å². The van der Waals surface area contributed by atoms with E-state index in [2.05, 4.69) is 5.32 Å². The maximum Gasteiger partial charge on any atom is 0.330 e. The largest absolute Gasteiger partial charge is 0.493 e. The van der Waals surface area contributed by atoms with E-state index in [1.165, 1.54) is 6.08 Å². The topological polar surface area (TPSA) is 73.9 Å². The molecule has 6 heteroatoms. The smallest absolute Gasteiger partial charge is 0.330 e. The third-order valence-electron chi connectivity index (χ3n) is 6.40. The average Bonchev–Trinajstić information content (AvgIpc) is 2.92. The van der Waals surface area contributed by atoms with E-state index in [4.69, 9.17) is 14.2 Å². The van der Waals surface area contributed by atoms with Crippen molar-refractivity contribution in [2.45, 2.75) is 54.1 Å². The van der Waals surface area contributed by atoms with Crippen LogP contribution in [0.1, 0.15) is 55.9 Å². The summed E-state index contributed by atoms with van der Waals surface area (Å²) in [7, 11) is 0. The lowest BCUT2D eigenvalue weighted by molar-refractivity contribution is -0.137. The predicted molar refractivity (Wildman–Crippen MR) is 156 cm³/mol. The summed E-state index contributed by atoms with van der Waals surface area (Å²) >= 11 is 0. The maximum absolute atomic E-state index is 12.9. The SMILES string of the molecule is CCOC(=O)/C=C/c1ccc(NC(=O)C(C)(C)CCCOc2cc(C)c(OCc3ccccc3)cc2C)cc1. The standard InChI is InChI=1S/C33H39NO5/c1-6-37-31(35)18-15-26-13-16-28(17-14-26)34-32(36)33(4,5)19-10-20-38-29-21-25(3)30(22-24(29)2)39-23-27-11-8-7-9-12-27/h7-9,11-18,21-22H,6,10,19-20,23H2,1-5H3,(H,34,36)/b18-15+. The number of esters is 1. The predicted octanol–water partition coefficient (Wildman–Crippen LogP) is 7.28. The van der Waals surface area contributed by atoms with Crippen molar-refractivity contribution in [2.24, 2.45) is 5.41 Å². The van der Waals surface area contributed by atoms with Gasteiger partial charge in [-0.15, -0.1) is 0 Å². The van der Waals surface area contributed by atoms with Crippen molar-refractivity contribution < 1.29 is 23.8 Å². The second kappa shape index (κ2) is 14.2. The summed E-state index contributed by atoms with van der Waals surface area (Å²) in [5.74, 6) is 1.25. The molecule has 0 heterocycles. The Labute approximate surface area is 232 Å². The Balaban J connectivity index is 1.46. The van der Waals surface area contributed by atoms with Gasteiger partial charge in [-0.25, -0.2) is 4.79 Å². The molecular formula is C33H39NO5. The molecule has 3 aromatic rings. The van der Waals surface area contributed by atoms with E-state index in [1.54, 1.807) is 13.0 Å². The van der Waals surface area contributed by atoms with Gasteiger partial charge in [-0.3, -0.25) is 4.79 Å². The molecule has 0 radical (unpaired) electrons. The molecule has 6 nitrogen and oxygen atoms in total.